The van der Waals surface area contributed by atoms with Crippen LogP contribution in [0.1, 0.15) is 24.6 Å². The van der Waals surface area contributed by atoms with E-state index in [0.29, 0.717) is 24.2 Å². The molecule has 2 aromatic rings. The van der Waals surface area contributed by atoms with Gasteiger partial charge in [-0.15, -0.1) is 11.3 Å². The maximum Gasteiger partial charge on any atom is 0.247 e. The average molecular weight is 323 g/mol. The van der Waals surface area contributed by atoms with Gasteiger partial charge in [-0.25, -0.2) is 18.4 Å². The third-order valence-electron chi connectivity index (χ3n) is 3.18. The average Bonchev–Trinajstić information content (AvgIpc) is 3.08. The van der Waals surface area contributed by atoms with Crippen LogP contribution in [0.5, 0.6) is 0 Å². The Labute approximate surface area is 126 Å². The zero-order chi connectivity index (χ0) is 15.0. The summed E-state index contributed by atoms with van der Waals surface area (Å²) >= 11 is 1.47. The molecule has 0 spiro atoms. The monoisotopic (exact) mass is 323 g/mol. The van der Waals surface area contributed by atoms with E-state index in [1.807, 2.05) is 17.5 Å². The van der Waals surface area contributed by atoms with Gasteiger partial charge in [0.25, 0.3) is 0 Å². The molecule has 1 atom stereocenters. The van der Waals surface area contributed by atoms with Crippen molar-refractivity contribution in [3.8, 4) is 10.6 Å². The Kier molecular flexibility index (Phi) is 3.50. The van der Waals surface area contributed by atoms with Gasteiger partial charge < -0.3 is 5.32 Å². The fourth-order valence-electron chi connectivity index (χ4n) is 2.17. The SMILES string of the molecule is CS(=O)(=O)c1nc(-c2cccs2)cc(C2CCC(=O)N2)n1. The van der Waals surface area contributed by atoms with Crippen LogP contribution >= 0.6 is 11.3 Å². The summed E-state index contributed by atoms with van der Waals surface area (Å²) in [5.74, 6) is -0.0443. The van der Waals surface area contributed by atoms with Crippen LogP contribution in [-0.2, 0) is 14.6 Å². The summed E-state index contributed by atoms with van der Waals surface area (Å²) in [5, 5.41) is 4.49. The van der Waals surface area contributed by atoms with Crippen LogP contribution in [0.25, 0.3) is 10.6 Å². The molecule has 21 heavy (non-hydrogen) atoms. The molecule has 0 aliphatic carbocycles. The van der Waals surface area contributed by atoms with Crippen molar-refractivity contribution in [3.05, 3.63) is 29.3 Å². The summed E-state index contributed by atoms with van der Waals surface area (Å²) in [4.78, 5) is 20.5. The number of amides is 1. The van der Waals surface area contributed by atoms with E-state index in [0.717, 1.165) is 11.1 Å². The van der Waals surface area contributed by atoms with Crippen molar-refractivity contribution in [1.29, 1.82) is 0 Å². The van der Waals surface area contributed by atoms with Gasteiger partial charge in [0.05, 0.1) is 22.3 Å². The molecule has 8 heteroatoms. The van der Waals surface area contributed by atoms with E-state index in [-0.39, 0.29) is 17.1 Å². The minimum absolute atomic E-state index is 0.0443. The Morgan fingerprint density at radius 1 is 1.38 bits per heavy atom. The van der Waals surface area contributed by atoms with Crippen LogP contribution in [0.2, 0.25) is 0 Å². The highest BCUT2D eigenvalue weighted by atomic mass is 32.2. The number of carbonyl (C=O) groups excluding carboxylic acids is 1. The molecule has 3 rings (SSSR count). The second kappa shape index (κ2) is 5.19. The number of thiophene rings is 1. The Bertz CT molecular complexity index is 785. The molecule has 2 aromatic heterocycles. The first kappa shape index (κ1) is 14.2. The number of sulfone groups is 1. The number of hydrogen-bond acceptors (Lipinski definition) is 6. The second-order valence-electron chi connectivity index (χ2n) is 4.87. The van der Waals surface area contributed by atoms with Gasteiger partial charge in [-0.2, -0.15) is 0 Å². The van der Waals surface area contributed by atoms with Crippen LogP contribution in [-0.4, -0.2) is 30.5 Å². The first-order valence-corrected chi connectivity index (χ1v) is 9.13. The van der Waals surface area contributed by atoms with Crippen LogP contribution in [0, 0.1) is 0 Å². The molecule has 1 amide bonds. The number of nitrogens with one attached hydrogen (secondary N) is 1. The maximum absolute atomic E-state index is 11.8. The lowest BCUT2D eigenvalue weighted by Gasteiger charge is -2.11. The van der Waals surface area contributed by atoms with Gasteiger partial charge in [0.2, 0.25) is 20.9 Å². The minimum Gasteiger partial charge on any atom is -0.348 e. The predicted molar refractivity (Wildman–Crippen MR) is 78.6 cm³/mol. The second-order valence-corrected chi connectivity index (χ2v) is 7.73. The minimum atomic E-state index is -3.51. The molecule has 0 saturated carbocycles. The standard InChI is InChI=1S/C13H13N3O3S2/c1-21(18,19)13-15-9(8-4-5-12(17)14-8)7-10(16-13)11-3-2-6-20-11/h2-3,6-8H,4-5H2,1H3,(H,14,17). The van der Waals surface area contributed by atoms with Crippen LogP contribution in [0.3, 0.4) is 0 Å². The van der Waals surface area contributed by atoms with E-state index in [1.54, 1.807) is 6.07 Å². The van der Waals surface area contributed by atoms with Gasteiger partial charge in [0.15, 0.2) is 0 Å². The molecule has 110 valence electrons. The predicted octanol–water partition coefficient (Wildman–Crippen LogP) is 1.56. The van der Waals surface area contributed by atoms with E-state index in [4.69, 9.17) is 0 Å². The van der Waals surface area contributed by atoms with Crippen LogP contribution < -0.4 is 5.32 Å². The molecular formula is C13H13N3O3S2. The zero-order valence-electron chi connectivity index (χ0n) is 11.2. The van der Waals surface area contributed by atoms with Gasteiger partial charge in [0, 0.05) is 12.7 Å². The van der Waals surface area contributed by atoms with E-state index >= 15 is 0 Å². The molecule has 1 saturated heterocycles. The highest BCUT2D eigenvalue weighted by molar-refractivity contribution is 7.90. The van der Waals surface area contributed by atoms with E-state index in [2.05, 4.69) is 15.3 Å². The summed E-state index contributed by atoms with van der Waals surface area (Å²) in [5.41, 5.74) is 1.11. The van der Waals surface area contributed by atoms with Gasteiger partial charge in [-0.1, -0.05) is 6.07 Å². The molecule has 1 aliphatic rings. The van der Waals surface area contributed by atoms with Crippen molar-refractivity contribution in [2.75, 3.05) is 6.26 Å². The topological polar surface area (TPSA) is 89.0 Å². The quantitative estimate of drug-likeness (QED) is 0.866. The van der Waals surface area contributed by atoms with Gasteiger partial charge in [0.1, 0.15) is 0 Å². The van der Waals surface area contributed by atoms with Crippen molar-refractivity contribution >= 4 is 27.1 Å². The largest absolute Gasteiger partial charge is 0.348 e. The third-order valence-corrected chi connectivity index (χ3v) is 4.92. The number of carbonyl (C=O) groups is 1. The number of nitrogens with zero attached hydrogens (tertiary/aromatic N) is 2. The maximum atomic E-state index is 11.8. The van der Waals surface area contributed by atoms with Crippen LogP contribution in [0.15, 0.2) is 28.7 Å². The summed E-state index contributed by atoms with van der Waals surface area (Å²) in [6.45, 7) is 0. The molecule has 1 unspecified atom stereocenters. The van der Waals surface area contributed by atoms with Gasteiger partial charge in [-0.3, -0.25) is 4.79 Å². The van der Waals surface area contributed by atoms with E-state index in [1.165, 1.54) is 11.3 Å². The van der Waals surface area contributed by atoms with E-state index in [9.17, 15) is 13.2 Å². The molecule has 0 aromatic carbocycles. The highest BCUT2D eigenvalue weighted by Gasteiger charge is 2.26. The number of rotatable bonds is 3. The van der Waals surface area contributed by atoms with Crippen molar-refractivity contribution < 1.29 is 13.2 Å². The summed E-state index contributed by atoms with van der Waals surface area (Å²) < 4.78 is 23.6. The highest BCUT2D eigenvalue weighted by Crippen LogP contribution is 2.28. The Balaban J connectivity index is 2.11. The Morgan fingerprint density at radius 2 is 2.19 bits per heavy atom. The Hall–Kier alpha value is -1.80. The molecule has 1 fully saturated rings. The lowest BCUT2D eigenvalue weighted by molar-refractivity contribution is -0.119. The number of aromatic nitrogens is 2. The van der Waals surface area contributed by atoms with Crippen molar-refractivity contribution in [3.63, 3.8) is 0 Å². The molecule has 6 nitrogen and oxygen atoms in total. The molecule has 0 radical (unpaired) electrons. The third kappa shape index (κ3) is 2.96. The van der Waals surface area contributed by atoms with E-state index < -0.39 is 9.84 Å². The summed E-state index contributed by atoms with van der Waals surface area (Å²) in [7, 11) is -3.51. The van der Waals surface area contributed by atoms with Crippen molar-refractivity contribution in [1.82, 2.24) is 15.3 Å². The molecule has 1 N–H and O–H groups in total. The first-order valence-electron chi connectivity index (χ1n) is 6.36. The summed E-state index contributed by atoms with van der Waals surface area (Å²) in [6.07, 6.45) is 2.12. The van der Waals surface area contributed by atoms with Crippen molar-refractivity contribution in [2.24, 2.45) is 0 Å². The zero-order valence-corrected chi connectivity index (χ0v) is 12.9. The molecule has 0 bridgehead atoms. The fraction of sp³-hybridized carbons (Fsp3) is 0.308. The van der Waals surface area contributed by atoms with Crippen molar-refractivity contribution in [2.45, 2.75) is 24.0 Å². The molecule has 3 heterocycles. The van der Waals surface area contributed by atoms with Gasteiger partial charge >= 0.3 is 0 Å². The smallest absolute Gasteiger partial charge is 0.247 e. The van der Waals surface area contributed by atoms with Gasteiger partial charge in [-0.05, 0) is 23.9 Å². The lowest BCUT2D eigenvalue weighted by Crippen LogP contribution is -2.20. The van der Waals surface area contributed by atoms with Crippen LogP contribution in [0.4, 0.5) is 0 Å². The fourth-order valence-corrected chi connectivity index (χ4v) is 3.40. The normalized spacial score (nSPS) is 18.7. The first-order chi connectivity index (χ1) is 9.93. The summed E-state index contributed by atoms with van der Waals surface area (Å²) in [6, 6.07) is 5.24. The lowest BCUT2D eigenvalue weighted by atomic mass is 10.1. The number of hydrogen-bond donors (Lipinski definition) is 1. The Morgan fingerprint density at radius 3 is 2.76 bits per heavy atom. The molecular weight excluding hydrogens is 310 g/mol. The molecule has 1 aliphatic heterocycles.